The lowest BCUT2D eigenvalue weighted by Gasteiger charge is -2.14. The van der Waals surface area contributed by atoms with Gasteiger partial charge in [0.2, 0.25) is 0 Å². The Morgan fingerprint density at radius 2 is 1.54 bits per heavy atom. The molecule has 1 aliphatic heterocycles. The Hall–Kier alpha value is -3.69. The van der Waals surface area contributed by atoms with Gasteiger partial charge in [-0.25, -0.2) is 4.68 Å². The molecule has 0 aliphatic carbocycles. The summed E-state index contributed by atoms with van der Waals surface area (Å²) >= 11 is 0. The number of ether oxygens (including phenoxy) is 3. The molecule has 0 saturated carbocycles. The molecule has 9 nitrogen and oxygen atoms in total. The van der Waals surface area contributed by atoms with Gasteiger partial charge in [0.05, 0.1) is 31.8 Å². The number of benzene rings is 2. The minimum Gasteiger partial charge on any atom is -0.497 e. The Morgan fingerprint density at radius 3 is 2.24 bits per heavy atom. The third kappa shape index (κ3) is 6.36. The van der Waals surface area contributed by atoms with Crippen molar-refractivity contribution in [3.8, 4) is 11.8 Å². The minimum atomic E-state index is 0.296. The zero-order valence-corrected chi connectivity index (χ0v) is 21.5. The normalized spacial score (nSPS) is 13.8. The Balaban J connectivity index is 1.35. The van der Waals surface area contributed by atoms with Crippen LogP contribution in [0.2, 0.25) is 0 Å². The molecule has 0 radical (unpaired) electrons. The fourth-order valence-corrected chi connectivity index (χ4v) is 4.52. The van der Waals surface area contributed by atoms with E-state index in [1.54, 1.807) is 14.2 Å². The van der Waals surface area contributed by atoms with Crippen LogP contribution in [-0.4, -0.2) is 65.2 Å². The lowest BCUT2D eigenvalue weighted by atomic mass is 10.1. The smallest absolute Gasteiger partial charge is 0.320 e. The van der Waals surface area contributed by atoms with E-state index in [0.29, 0.717) is 38.1 Å². The highest BCUT2D eigenvalue weighted by Gasteiger charge is 2.15. The summed E-state index contributed by atoms with van der Waals surface area (Å²) in [4.78, 5) is 11.8. The molecule has 194 valence electrons. The van der Waals surface area contributed by atoms with Crippen LogP contribution in [0, 0.1) is 0 Å². The fraction of sp³-hybridized carbons (Fsp3) is 0.393. The van der Waals surface area contributed by atoms with E-state index in [4.69, 9.17) is 14.2 Å². The van der Waals surface area contributed by atoms with Crippen LogP contribution in [0.5, 0.6) is 11.8 Å². The Bertz CT molecular complexity index is 1280. The van der Waals surface area contributed by atoms with Crippen LogP contribution >= 0.6 is 0 Å². The van der Waals surface area contributed by atoms with E-state index in [1.807, 2.05) is 35.1 Å². The van der Waals surface area contributed by atoms with Gasteiger partial charge in [-0.15, -0.1) is 0 Å². The van der Waals surface area contributed by atoms with Crippen LogP contribution in [0.4, 0.5) is 5.82 Å². The van der Waals surface area contributed by atoms with Crippen molar-refractivity contribution in [2.75, 3.05) is 45.8 Å². The predicted octanol–water partition coefficient (Wildman–Crippen LogP) is 4.12. The lowest BCUT2D eigenvalue weighted by Crippen LogP contribution is -2.18. The maximum Gasteiger partial charge on any atom is 0.320 e. The number of aromatic nitrogens is 4. The molecule has 37 heavy (non-hydrogen) atoms. The van der Waals surface area contributed by atoms with Crippen LogP contribution in [0.25, 0.3) is 11.0 Å². The monoisotopic (exact) mass is 502 g/mol. The van der Waals surface area contributed by atoms with Gasteiger partial charge in [-0.2, -0.15) is 15.1 Å². The van der Waals surface area contributed by atoms with Crippen molar-refractivity contribution in [2.24, 2.45) is 0 Å². The van der Waals surface area contributed by atoms with E-state index >= 15 is 0 Å². The second kappa shape index (κ2) is 12.0. The fourth-order valence-electron chi connectivity index (χ4n) is 4.52. The van der Waals surface area contributed by atoms with Gasteiger partial charge < -0.3 is 19.5 Å². The second-order valence-corrected chi connectivity index (χ2v) is 9.24. The highest BCUT2D eigenvalue weighted by Crippen LogP contribution is 2.25. The standard InChI is InChI=1S/C28H34N6O3/c1-35-15-16-37-28-31-26(29-17-21-9-11-24(36-2)12-10-21)25-18-30-34(27(25)32-28)20-23-7-5-22(6-8-23)19-33-13-3-4-14-33/h5-12,18H,3-4,13-17,19-20H2,1-2H3,(H,29,31,32). The average molecular weight is 503 g/mol. The van der Waals surface area contributed by atoms with E-state index in [1.165, 1.54) is 37.1 Å². The van der Waals surface area contributed by atoms with Gasteiger partial charge in [-0.3, -0.25) is 4.90 Å². The summed E-state index contributed by atoms with van der Waals surface area (Å²) in [5, 5.41) is 8.92. The zero-order valence-electron chi connectivity index (χ0n) is 21.5. The van der Waals surface area contributed by atoms with E-state index in [2.05, 4.69) is 49.5 Å². The summed E-state index contributed by atoms with van der Waals surface area (Å²) < 4.78 is 18.1. The number of nitrogens with one attached hydrogen (secondary N) is 1. The number of rotatable bonds is 12. The van der Waals surface area contributed by atoms with E-state index in [0.717, 1.165) is 28.9 Å². The van der Waals surface area contributed by atoms with E-state index < -0.39 is 0 Å². The predicted molar refractivity (Wildman–Crippen MR) is 143 cm³/mol. The summed E-state index contributed by atoms with van der Waals surface area (Å²) in [5.41, 5.74) is 4.34. The van der Waals surface area contributed by atoms with E-state index in [-0.39, 0.29) is 0 Å². The van der Waals surface area contributed by atoms with E-state index in [9.17, 15) is 0 Å². The molecule has 0 amide bonds. The van der Waals surface area contributed by atoms with Crippen molar-refractivity contribution in [3.05, 3.63) is 71.4 Å². The summed E-state index contributed by atoms with van der Waals surface area (Å²) in [6.45, 7) is 5.45. The summed E-state index contributed by atoms with van der Waals surface area (Å²) in [5.74, 6) is 1.51. The maximum absolute atomic E-state index is 5.78. The molecular formula is C28H34N6O3. The molecule has 1 saturated heterocycles. The highest BCUT2D eigenvalue weighted by atomic mass is 16.5. The molecule has 0 unspecified atom stereocenters. The average Bonchev–Trinajstić information content (AvgIpc) is 3.59. The first-order valence-electron chi connectivity index (χ1n) is 12.7. The summed E-state index contributed by atoms with van der Waals surface area (Å²) in [6.07, 6.45) is 4.42. The topological polar surface area (TPSA) is 86.6 Å². The van der Waals surface area contributed by atoms with Gasteiger partial charge in [0.1, 0.15) is 18.2 Å². The van der Waals surface area contributed by atoms with Crippen molar-refractivity contribution < 1.29 is 14.2 Å². The van der Waals surface area contributed by atoms with Gasteiger partial charge in [0.15, 0.2) is 5.65 Å². The molecule has 1 N–H and O–H groups in total. The summed E-state index contributed by atoms with van der Waals surface area (Å²) in [7, 11) is 3.30. The van der Waals surface area contributed by atoms with Crippen molar-refractivity contribution in [1.82, 2.24) is 24.6 Å². The summed E-state index contributed by atoms with van der Waals surface area (Å²) in [6, 6.07) is 17.0. The van der Waals surface area contributed by atoms with Gasteiger partial charge in [-0.05, 0) is 54.8 Å². The number of methoxy groups -OCH3 is 2. The van der Waals surface area contributed by atoms with Crippen LogP contribution in [0.15, 0.2) is 54.7 Å². The third-order valence-corrected chi connectivity index (χ3v) is 6.57. The molecule has 2 aromatic heterocycles. The van der Waals surface area contributed by atoms with Gasteiger partial charge in [0, 0.05) is 20.2 Å². The molecule has 9 heteroatoms. The first-order chi connectivity index (χ1) is 18.2. The molecule has 1 fully saturated rings. The van der Waals surface area contributed by atoms with Crippen LogP contribution in [0.3, 0.4) is 0 Å². The Morgan fingerprint density at radius 1 is 0.838 bits per heavy atom. The molecule has 0 bridgehead atoms. The molecule has 4 aromatic rings. The molecule has 0 spiro atoms. The lowest BCUT2D eigenvalue weighted by molar-refractivity contribution is 0.141. The first kappa shape index (κ1) is 25.0. The third-order valence-electron chi connectivity index (χ3n) is 6.57. The minimum absolute atomic E-state index is 0.296. The largest absolute Gasteiger partial charge is 0.497 e. The zero-order chi connectivity index (χ0) is 25.5. The molecule has 5 rings (SSSR count). The van der Waals surface area contributed by atoms with Crippen molar-refractivity contribution >= 4 is 16.9 Å². The quantitative estimate of drug-likeness (QED) is 0.290. The number of hydrogen-bond donors (Lipinski definition) is 1. The Labute approximate surface area is 217 Å². The van der Waals surface area contributed by atoms with Crippen molar-refractivity contribution in [3.63, 3.8) is 0 Å². The number of nitrogens with zero attached hydrogens (tertiary/aromatic N) is 5. The van der Waals surface area contributed by atoms with Crippen LogP contribution in [0.1, 0.15) is 29.5 Å². The number of fused-ring (bicyclic) bond motifs is 1. The first-order valence-corrected chi connectivity index (χ1v) is 12.7. The Kier molecular flexibility index (Phi) is 8.12. The van der Waals surface area contributed by atoms with Gasteiger partial charge >= 0.3 is 6.01 Å². The maximum atomic E-state index is 5.78. The number of hydrogen-bond acceptors (Lipinski definition) is 8. The SMILES string of the molecule is COCCOc1nc(NCc2ccc(OC)cc2)c2cnn(Cc3ccc(CN4CCCC4)cc3)c2n1. The van der Waals surface area contributed by atoms with Crippen LogP contribution < -0.4 is 14.8 Å². The second-order valence-electron chi connectivity index (χ2n) is 9.24. The van der Waals surface area contributed by atoms with Crippen LogP contribution in [-0.2, 0) is 24.4 Å². The molecule has 0 atom stereocenters. The molecule has 3 heterocycles. The van der Waals surface area contributed by atoms with Crippen molar-refractivity contribution in [1.29, 1.82) is 0 Å². The van der Waals surface area contributed by atoms with Gasteiger partial charge in [0.25, 0.3) is 0 Å². The molecular weight excluding hydrogens is 468 g/mol. The molecule has 1 aliphatic rings. The van der Waals surface area contributed by atoms with Gasteiger partial charge in [-0.1, -0.05) is 36.4 Å². The van der Waals surface area contributed by atoms with Crippen molar-refractivity contribution in [2.45, 2.75) is 32.5 Å². The number of likely N-dealkylation sites (tertiary alicyclic amines) is 1. The molecule has 2 aromatic carbocycles. The number of anilines is 1. The highest BCUT2D eigenvalue weighted by molar-refractivity contribution is 5.86.